The summed E-state index contributed by atoms with van der Waals surface area (Å²) < 4.78 is 11.4. The number of morpholine rings is 1. The molecule has 20 heavy (non-hydrogen) atoms. The van der Waals surface area contributed by atoms with Crippen molar-refractivity contribution in [3.05, 3.63) is 23.2 Å². The zero-order valence-electron chi connectivity index (χ0n) is 13.5. The lowest BCUT2D eigenvalue weighted by molar-refractivity contribution is -0.00454. The first kappa shape index (κ1) is 15.5. The number of aryl methyl sites for hydroxylation is 1. The van der Waals surface area contributed by atoms with Crippen LogP contribution in [-0.4, -0.2) is 36.2 Å². The lowest BCUT2D eigenvalue weighted by Gasteiger charge is -2.32. The van der Waals surface area contributed by atoms with E-state index in [0.717, 1.165) is 44.4 Å². The fourth-order valence-corrected chi connectivity index (χ4v) is 2.40. The molecule has 1 aromatic heterocycles. The number of ether oxygens (including phenoxy) is 1. The Morgan fingerprint density at radius 1 is 1.40 bits per heavy atom. The monoisotopic (exact) mass is 280 g/mol. The van der Waals surface area contributed by atoms with Gasteiger partial charge in [-0.15, -0.1) is 0 Å². The molecule has 0 bridgehead atoms. The standard InChI is InChI=1S/C16H28N2O2/c1-12-11-19-7-6-18(12)10-14-8-15(20-13(14)2)9-17-16(3,4)5/h8,12,17H,6-7,9-11H2,1-5H3. The number of furan rings is 1. The molecule has 0 amide bonds. The maximum Gasteiger partial charge on any atom is 0.118 e. The van der Waals surface area contributed by atoms with Crippen LogP contribution in [0.2, 0.25) is 0 Å². The third kappa shape index (κ3) is 4.33. The fourth-order valence-electron chi connectivity index (χ4n) is 2.40. The van der Waals surface area contributed by atoms with Gasteiger partial charge in [0.05, 0.1) is 19.8 Å². The van der Waals surface area contributed by atoms with Gasteiger partial charge in [-0.3, -0.25) is 4.90 Å². The average molecular weight is 280 g/mol. The SMILES string of the molecule is Cc1oc(CNC(C)(C)C)cc1CN1CCOCC1C. The summed E-state index contributed by atoms with van der Waals surface area (Å²) in [4.78, 5) is 2.46. The topological polar surface area (TPSA) is 37.6 Å². The van der Waals surface area contributed by atoms with Crippen molar-refractivity contribution in [3.8, 4) is 0 Å². The molecule has 1 aliphatic heterocycles. The number of hydrogen-bond donors (Lipinski definition) is 1. The van der Waals surface area contributed by atoms with Crippen molar-refractivity contribution < 1.29 is 9.15 Å². The molecule has 4 nitrogen and oxygen atoms in total. The first-order chi connectivity index (χ1) is 9.35. The third-order valence-electron chi connectivity index (χ3n) is 3.74. The van der Waals surface area contributed by atoms with Crippen LogP contribution in [0.3, 0.4) is 0 Å². The van der Waals surface area contributed by atoms with Gasteiger partial charge < -0.3 is 14.5 Å². The van der Waals surface area contributed by atoms with Gasteiger partial charge in [0.15, 0.2) is 0 Å². The maximum atomic E-state index is 5.87. The molecule has 1 saturated heterocycles. The van der Waals surface area contributed by atoms with Gasteiger partial charge in [0.25, 0.3) is 0 Å². The minimum atomic E-state index is 0.111. The smallest absolute Gasteiger partial charge is 0.118 e. The molecule has 0 saturated carbocycles. The number of nitrogens with one attached hydrogen (secondary N) is 1. The van der Waals surface area contributed by atoms with Gasteiger partial charge in [0.1, 0.15) is 11.5 Å². The lowest BCUT2D eigenvalue weighted by atomic mass is 10.1. The van der Waals surface area contributed by atoms with Crippen molar-refractivity contribution in [2.45, 2.75) is 59.3 Å². The molecule has 1 aliphatic rings. The number of rotatable bonds is 4. The highest BCUT2D eigenvalue weighted by atomic mass is 16.5. The van der Waals surface area contributed by atoms with E-state index in [4.69, 9.17) is 9.15 Å². The Morgan fingerprint density at radius 2 is 2.15 bits per heavy atom. The summed E-state index contributed by atoms with van der Waals surface area (Å²) in [5, 5.41) is 3.46. The molecule has 0 radical (unpaired) electrons. The van der Waals surface area contributed by atoms with Gasteiger partial charge >= 0.3 is 0 Å². The summed E-state index contributed by atoms with van der Waals surface area (Å²) in [5.74, 6) is 2.06. The summed E-state index contributed by atoms with van der Waals surface area (Å²) in [7, 11) is 0. The molecule has 1 atom stereocenters. The predicted molar refractivity (Wildman–Crippen MR) is 80.7 cm³/mol. The third-order valence-corrected chi connectivity index (χ3v) is 3.74. The predicted octanol–water partition coefficient (Wildman–Crippen LogP) is 2.70. The van der Waals surface area contributed by atoms with Crippen LogP contribution in [0.15, 0.2) is 10.5 Å². The Bertz CT molecular complexity index is 434. The lowest BCUT2D eigenvalue weighted by Crippen LogP contribution is -2.42. The highest BCUT2D eigenvalue weighted by Gasteiger charge is 2.21. The Balaban J connectivity index is 1.96. The van der Waals surface area contributed by atoms with E-state index in [1.807, 2.05) is 0 Å². The van der Waals surface area contributed by atoms with Crippen LogP contribution < -0.4 is 5.32 Å². The van der Waals surface area contributed by atoms with E-state index in [9.17, 15) is 0 Å². The van der Waals surface area contributed by atoms with E-state index in [1.54, 1.807) is 0 Å². The van der Waals surface area contributed by atoms with Crippen molar-refractivity contribution in [2.75, 3.05) is 19.8 Å². The molecule has 4 heteroatoms. The van der Waals surface area contributed by atoms with Crippen LogP contribution in [0.5, 0.6) is 0 Å². The van der Waals surface area contributed by atoms with Crippen LogP contribution >= 0.6 is 0 Å². The summed E-state index contributed by atoms with van der Waals surface area (Å²) in [5.41, 5.74) is 1.41. The summed E-state index contributed by atoms with van der Waals surface area (Å²) >= 11 is 0. The van der Waals surface area contributed by atoms with E-state index >= 15 is 0 Å². The van der Waals surface area contributed by atoms with E-state index in [-0.39, 0.29) is 5.54 Å². The van der Waals surface area contributed by atoms with E-state index in [0.29, 0.717) is 6.04 Å². The van der Waals surface area contributed by atoms with Gasteiger partial charge in [-0.1, -0.05) is 0 Å². The first-order valence-corrected chi connectivity index (χ1v) is 7.50. The van der Waals surface area contributed by atoms with Gasteiger partial charge in [0.2, 0.25) is 0 Å². The Hall–Kier alpha value is -0.840. The second-order valence-electron chi connectivity index (χ2n) is 6.79. The fraction of sp³-hybridized carbons (Fsp3) is 0.750. The second-order valence-corrected chi connectivity index (χ2v) is 6.79. The Labute approximate surface area is 122 Å². The van der Waals surface area contributed by atoms with Crippen LogP contribution in [-0.2, 0) is 17.8 Å². The van der Waals surface area contributed by atoms with E-state index in [2.05, 4.69) is 50.9 Å². The Kier molecular flexibility index (Phi) is 4.89. The van der Waals surface area contributed by atoms with Crippen LogP contribution in [0.4, 0.5) is 0 Å². The summed E-state index contributed by atoms with van der Waals surface area (Å²) in [6, 6.07) is 2.67. The van der Waals surface area contributed by atoms with Crippen molar-refractivity contribution in [2.24, 2.45) is 0 Å². The first-order valence-electron chi connectivity index (χ1n) is 7.50. The van der Waals surface area contributed by atoms with E-state index < -0.39 is 0 Å². The molecule has 1 unspecified atom stereocenters. The van der Waals surface area contributed by atoms with Crippen molar-refractivity contribution >= 4 is 0 Å². The van der Waals surface area contributed by atoms with Crippen LogP contribution in [0.1, 0.15) is 44.8 Å². The normalized spacial score (nSPS) is 21.4. The molecular weight excluding hydrogens is 252 g/mol. The molecule has 2 rings (SSSR count). The quantitative estimate of drug-likeness (QED) is 0.920. The molecule has 2 heterocycles. The summed E-state index contributed by atoms with van der Waals surface area (Å²) in [6.45, 7) is 15.2. The maximum absolute atomic E-state index is 5.87. The molecular formula is C16H28N2O2. The van der Waals surface area contributed by atoms with Gasteiger partial charge in [0, 0.05) is 30.2 Å². The molecule has 0 spiro atoms. The second kappa shape index (κ2) is 6.29. The largest absolute Gasteiger partial charge is 0.465 e. The molecule has 0 aliphatic carbocycles. The van der Waals surface area contributed by atoms with Crippen molar-refractivity contribution in [1.29, 1.82) is 0 Å². The van der Waals surface area contributed by atoms with Crippen LogP contribution in [0.25, 0.3) is 0 Å². The minimum Gasteiger partial charge on any atom is -0.465 e. The van der Waals surface area contributed by atoms with Gasteiger partial charge in [-0.25, -0.2) is 0 Å². The van der Waals surface area contributed by atoms with Gasteiger partial charge in [-0.2, -0.15) is 0 Å². The number of hydrogen-bond acceptors (Lipinski definition) is 4. The van der Waals surface area contributed by atoms with Crippen molar-refractivity contribution in [1.82, 2.24) is 10.2 Å². The highest BCUT2D eigenvalue weighted by molar-refractivity contribution is 5.21. The zero-order chi connectivity index (χ0) is 14.8. The molecule has 114 valence electrons. The highest BCUT2D eigenvalue weighted by Crippen LogP contribution is 2.19. The summed E-state index contributed by atoms with van der Waals surface area (Å²) in [6.07, 6.45) is 0. The zero-order valence-corrected chi connectivity index (χ0v) is 13.5. The van der Waals surface area contributed by atoms with Gasteiger partial charge in [-0.05, 0) is 40.7 Å². The average Bonchev–Trinajstić information content (AvgIpc) is 2.70. The molecule has 1 fully saturated rings. The Morgan fingerprint density at radius 3 is 2.80 bits per heavy atom. The molecule has 1 N–H and O–H groups in total. The number of nitrogens with zero attached hydrogens (tertiary/aromatic N) is 1. The van der Waals surface area contributed by atoms with Crippen molar-refractivity contribution in [3.63, 3.8) is 0 Å². The van der Waals surface area contributed by atoms with Crippen LogP contribution in [0, 0.1) is 6.92 Å². The van der Waals surface area contributed by atoms with E-state index in [1.165, 1.54) is 5.56 Å². The molecule has 1 aromatic rings. The minimum absolute atomic E-state index is 0.111. The molecule has 0 aromatic carbocycles.